The third-order valence-electron chi connectivity index (χ3n) is 5.25. The van der Waals surface area contributed by atoms with E-state index < -0.39 is 5.82 Å². The third-order valence-corrected chi connectivity index (χ3v) is 6.46. The molecular weight excluding hydrogens is 411 g/mol. The van der Waals surface area contributed by atoms with Crippen LogP contribution < -0.4 is 10.2 Å². The Kier molecular flexibility index (Phi) is 6.09. The van der Waals surface area contributed by atoms with E-state index in [1.807, 2.05) is 29.2 Å². The van der Waals surface area contributed by atoms with Crippen molar-refractivity contribution in [2.24, 2.45) is 0 Å². The van der Waals surface area contributed by atoms with Crippen molar-refractivity contribution in [1.82, 2.24) is 0 Å². The topological polar surface area (TPSA) is 49.4 Å². The van der Waals surface area contributed by atoms with Gasteiger partial charge in [0.05, 0.1) is 5.75 Å². The molecule has 158 valence electrons. The first-order valence-electron chi connectivity index (χ1n) is 10.1. The maximum Gasteiger partial charge on any atom is 0.255 e. The van der Waals surface area contributed by atoms with Gasteiger partial charge in [-0.25, -0.2) is 4.39 Å². The highest BCUT2D eigenvalue weighted by Crippen LogP contribution is 2.42. The third kappa shape index (κ3) is 4.64. The van der Waals surface area contributed by atoms with E-state index in [-0.39, 0.29) is 22.8 Å². The molecule has 3 aromatic rings. The zero-order valence-electron chi connectivity index (χ0n) is 17.3. The van der Waals surface area contributed by atoms with Crippen molar-refractivity contribution in [2.45, 2.75) is 25.1 Å². The van der Waals surface area contributed by atoms with Crippen LogP contribution in [0.4, 0.5) is 15.8 Å². The van der Waals surface area contributed by atoms with Gasteiger partial charge < -0.3 is 5.32 Å². The summed E-state index contributed by atoms with van der Waals surface area (Å²) >= 11 is 1.58. The first-order chi connectivity index (χ1) is 14.9. The van der Waals surface area contributed by atoms with Gasteiger partial charge in [0.1, 0.15) is 11.2 Å². The van der Waals surface area contributed by atoms with Crippen LogP contribution in [-0.4, -0.2) is 17.6 Å². The van der Waals surface area contributed by atoms with Gasteiger partial charge in [0.25, 0.3) is 5.91 Å². The molecule has 0 bridgehead atoms. The summed E-state index contributed by atoms with van der Waals surface area (Å²) in [4.78, 5) is 26.7. The minimum atomic E-state index is -0.451. The Hall–Kier alpha value is -3.12. The highest BCUT2D eigenvalue weighted by molar-refractivity contribution is 8.00. The SMILES string of the molecule is CC(C)c1ccc(N2C(=O)CSC2c2ccc(NC(=O)c3cccc(F)c3)cc2)cc1. The van der Waals surface area contributed by atoms with Gasteiger partial charge in [-0.3, -0.25) is 14.5 Å². The monoisotopic (exact) mass is 434 g/mol. The van der Waals surface area contributed by atoms with Crippen molar-refractivity contribution >= 4 is 35.0 Å². The van der Waals surface area contributed by atoms with E-state index in [4.69, 9.17) is 0 Å². The predicted molar refractivity (Wildman–Crippen MR) is 124 cm³/mol. The number of carbonyl (C=O) groups is 2. The second-order valence-corrected chi connectivity index (χ2v) is 8.83. The molecule has 31 heavy (non-hydrogen) atoms. The second kappa shape index (κ2) is 8.94. The predicted octanol–water partition coefficient (Wildman–Crippen LogP) is 5.98. The molecule has 1 aliphatic rings. The van der Waals surface area contributed by atoms with Gasteiger partial charge in [-0.05, 0) is 59.5 Å². The molecule has 1 saturated heterocycles. The van der Waals surface area contributed by atoms with Gasteiger partial charge in [0, 0.05) is 16.9 Å². The molecule has 1 atom stereocenters. The fourth-order valence-electron chi connectivity index (χ4n) is 3.53. The molecule has 0 aliphatic carbocycles. The number of thioether (sulfide) groups is 1. The van der Waals surface area contributed by atoms with Crippen LogP contribution in [0.1, 0.15) is 46.6 Å². The van der Waals surface area contributed by atoms with Crippen molar-refractivity contribution < 1.29 is 14.0 Å². The number of halogens is 1. The molecule has 4 nitrogen and oxygen atoms in total. The zero-order valence-corrected chi connectivity index (χ0v) is 18.2. The Morgan fingerprint density at radius 1 is 1.06 bits per heavy atom. The minimum absolute atomic E-state index is 0.0794. The number of carbonyl (C=O) groups excluding carboxylic acids is 2. The molecule has 1 aliphatic heterocycles. The van der Waals surface area contributed by atoms with Gasteiger partial charge in [-0.15, -0.1) is 11.8 Å². The molecule has 2 amide bonds. The Labute approximate surface area is 185 Å². The van der Waals surface area contributed by atoms with Crippen LogP contribution in [0.15, 0.2) is 72.8 Å². The van der Waals surface area contributed by atoms with Crippen LogP contribution in [0, 0.1) is 5.82 Å². The van der Waals surface area contributed by atoms with E-state index in [2.05, 4.69) is 31.3 Å². The number of nitrogens with zero attached hydrogens (tertiary/aromatic N) is 1. The second-order valence-electron chi connectivity index (χ2n) is 7.76. The van der Waals surface area contributed by atoms with Crippen LogP contribution in [0.3, 0.4) is 0 Å². The van der Waals surface area contributed by atoms with Crippen LogP contribution in [0.5, 0.6) is 0 Å². The van der Waals surface area contributed by atoms with E-state index in [1.165, 1.54) is 23.8 Å². The highest BCUT2D eigenvalue weighted by Gasteiger charge is 2.34. The first-order valence-corrected chi connectivity index (χ1v) is 11.2. The van der Waals surface area contributed by atoms with Gasteiger partial charge in [0.2, 0.25) is 5.91 Å². The number of nitrogens with one attached hydrogen (secondary N) is 1. The van der Waals surface area contributed by atoms with E-state index in [1.54, 1.807) is 30.0 Å². The quantitative estimate of drug-likeness (QED) is 0.537. The molecule has 1 fully saturated rings. The van der Waals surface area contributed by atoms with E-state index in [0.717, 1.165) is 11.3 Å². The summed E-state index contributed by atoms with van der Waals surface area (Å²) < 4.78 is 13.3. The van der Waals surface area contributed by atoms with Gasteiger partial charge in [0.15, 0.2) is 0 Å². The van der Waals surface area contributed by atoms with E-state index in [9.17, 15) is 14.0 Å². The molecule has 0 aromatic heterocycles. The van der Waals surface area contributed by atoms with Gasteiger partial charge in [-0.2, -0.15) is 0 Å². The van der Waals surface area contributed by atoms with Crippen molar-refractivity contribution in [3.05, 3.63) is 95.3 Å². The normalized spacial score (nSPS) is 16.1. The molecule has 0 spiro atoms. The average Bonchev–Trinajstić information content (AvgIpc) is 3.15. The largest absolute Gasteiger partial charge is 0.322 e. The minimum Gasteiger partial charge on any atom is -0.322 e. The zero-order chi connectivity index (χ0) is 22.0. The van der Waals surface area contributed by atoms with Gasteiger partial charge >= 0.3 is 0 Å². The number of hydrogen-bond acceptors (Lipinski definition) is 3. The molecule has 0 radical (unpaired) electrons. The maximum absolute atomic E-state index is 13.3. The smallest absolute Gasteiger partial charge is 0.255 e. The first kappa shape index (κ1) is 21.1. The fourth-order valence-corrected chi connectivity index (χ4v) is 4.71. The summed E-state index contributed by atoms with van der Waals surface area (Å²) in [5.41, 5.74) is 3.97. The molecule has 4 rings (SSSR count). The average molecular weight is 435 g/mol. The van der Waals surface area contributed by atoms with E-state index in [0.29, 0.717) is 17.4 Å². The van der Waals surface area contributed by atoms with Crippen molar-refractivity contribution in [3.63, 3.8) is 0 Å². The lowest BCUT2D eigenvalue weighted by atomic mass is 10.0. The summed E-state index contributed by atoms with van der Waals surface area (Å²) in [6, 6.07) is 21.1. The highest BCUT2D eigenvalue weighted by atomic mass is 32.2. The molecule has 6 heteroatoms. The summed E-state index contributed by atoms with van der Waals surface area (Å²) in [6.45, 7) is 4.28. The lowest BCUT2D eigenvalue weighted by Gasteiger charge is -2.25. The molecule has 0 saturated carbocycles. The Morgan fingerprint density at radius 3 is 2.42 bits per heavy atom. The number of benzene rings is 3. The Balaban J connectivity index is 1.51. The van der Waals surface area contributed by atoms with Crippen molar-refractivity contribution in [1.29, 1.82) is 0 Å². The molecular formula is C25H23FN2O2S. The van der Waals surface area contributed by atoms with Crippen molar-refractivity contribution in [2.75, 3.05) is 16.0 Å². The molecule has 3 aromatic carbocycles. The summed E-state index contributed by atoms with van der Waals surface area (Å²) in [5, 5.41) is 2.66. The fraction of sp³-hybridized carbons (Fsp3) is 0.200. The van der Waals surface area contributed by atoms with Crippen LogP contribution in [-0.2, 0) is 4.79 Å². The molecule has 1 unspecified atom stereocenters. The van der Waals surface area contributed by atoms with Crippen LogP contribution in [0.25, 0.3) is 0 Å². The summed E-state index contributed by atoms with van der Waals surface area (Å²) in [6.07, 6.45) is 0. The standard InChI is InChI=1S/C25H23FN2O2S/c1-16(2)17-8-12-22(13-9-17)28-23(29)15-31-25(28)18-6-10-21(11-7-18)27-24(30)19-4-3-5-20(26)14-19/h3-14,16,25H,15H2,1-2H3,(H,27,30). The summed E-state index contributed by atoms with van der Waals surface area (Å²) in [5.74, 6) is 0.116. The maximum atomic E-state index is 13.3. The lowest BCUT2D eigenvalue weighted by Crippen LogP contribution is -2.27. The number of rotatable bonds is 5. The van der Waals surface area contributed by atoms with Gasteiger partial charge in [-0.1, -0.05) is 44.2 Å². The van der Waals surface area contributed by atoms with Crippen molar-refractivity contribution in [3.8, 4) is 0 Å². The van der Waals surface area contributed by atoms with Crippen LogP contribution in [0.2, 0.25) is 0 Å². The summed E-state index contributed by atoms with van der Waals surface area (Å²) in [7, 11) is 0. The van der Waals surface area contributed by atoms with E-state index >= 15 is 0 Å². The number of hydrogen-bond donors (Lipinski definition) is 1. The Bertz CT molecular complexity index is 1100. The number of amides is 2. The lowest BCUT2D eigenvalue weighted by molar-refractivity contribution is -0.115. The molecule has 1 heterocycles. The van der Waals surface area contributed by atoms with Crippen LogP contribution >= 0.6 is 11.8 Å². The number of anilines is 2. The molecule has 1 N–H and O–H groups in total. The Morgan fingerprint density at radius 2 is 1.77 bits per heavy atom.